The van der Waals surface area contributed by atoms with E-state index in [0.29, 0.717) is 6.04 Å². The van der Waals surface area contributed by atoms with E-state index in [-0.39, 0.29) is 0 Å². The van der Waals surface area contributed by atoms with Crippen LogP contribution in [0.25, 0.3) is 0 Å². The van der Waals surface area contributed by atoms with Gasteiger partial charge in [0.2, 0.25) is 0 Å². The van der Waals surface area contributed by atoms with E-state index in [2.05, 4.69) is 90.4 Å². The minimum absolute atomic E-state index is 0.537. The molecule has 0 aliphatic rings. The fourth-order valence-corrected chi connectivity index (χ4v) is 2.83. The van der Waals surface area contributed by atoms with Crippen molar-refractivity contribution in [3.63, 3.8) is 0 Å². The number of hydrogen-bond donors (Lipinski definition) is 1. The Morgan fingerprint density at radius 2 is 1.75 bits per heavy atom. The molecule has 20 heavy (non-hydrogen) atoms. The Morgan fingerprint density at radius 1 is 1.05 bits per heavy atom. The highest BCUT2D eigenvalue weighted by molar-refractivity contribution is 14.1. The highest BCUT2D eigenvalue weighted by atomic mass is 127. The average Bonchev–Trinajstić information content (AvgIpc) is 2.47. The summed E-state index contributed by atoms with van der Waals surface area (Å²) in [6.07, 6.45) is 3.41. The summed E-state index contributed by atoms with van der Waals surface area (Å²) in [4.78, 5) is 0. The van der Waals surface area contributed by atoms with Gasteiger partial charge >= 0.3 is 0 Å². The maximum Gasteiger partial charge on any atom is 0.0130 e. The second kappa shape index (κ2) is 7.79. The van der Waals surface area contributed by atoms with E-state index in [1.165, 1.54) is 26.7 Å². The molecule has 0 aromatic heterocycles. The molecule has 0 aliphatic heterocycles. The molecule has 106 valence electrons. The number of likely N-dealkylation sites (N-methyl/N-ethyl adjacent to an activating group) is 1. The van der Waals surface area contributed by atoms with Gasteiger partial charge in [0.15, 0.2) is 0 Å². The van der Waals surface area contributed by atoms with E-state index in [9.17, 15) is 0 Å². The largest absolute Gasteiger partial charge is 0.317 e. The molecule has 0 saturated heterocycles. The van der Waals surface area contributed by atoms with E-state index in [0.717, 1.165) is 12.8 Å². The minimum Gasteiger partial charge on any atom is -0.317 e. The predicted octanol–water partition coefficient (Wildman–Crippen LogP) is 4.36. The van der Waals surface area contributed by atoms with Gasteiger partial charge in [0.25, 0.3) is 0 Å². The molecule has 2 aromatic rings. The molecular weight excluding hydrogens is 357 g/mol. The van der Waals surface area contributed by atoms with Gasteiger partial charge in [0, 0.05) is 9.61 Å². The van der Waals surface area contributed by atoms with Crippen molar-refractivity contribution in [2.24, 2.45) is 0 Å². The van der Waals surface area contributed by atoms with Gasteiger partial charge in [-0.3, -0.25) is 0 Å². The average molecular weight is 379 g/mol. The molecule has 1 atom stereocenters. The van der Waals surface area contributed by atoms with Crippen LogP contribution in [-0.4, -0.2) is 13.1 Å². The Hall–Kier alpha value is -0.870. The normalized spacial score (nSPS) is 12.3. The number of halogens is 1. The topological polar surface area (TPSA) is 12.0 Å². The van der Waals surface area contributed by atoms with Crippen molar-refractivity contribution < 1.29 is 0 Å². The number of nitrogens with one attached hydrogen (secondary N) is 1. The summed E-state index contributed by atoms with van der Waals surface area (Å²) in [5.41, 5.74) is 4.28. The molecule has 0 amide bonds. The quantitative estimate of drug-likeness (QED) is 0.736. The number of aryl methyl sites for hydroxylation is 2. The summed E-state index contributed by atoms with van der Waals surface area (Å²) in [6, 6.07) is 18.1. The summed E-state index contributed by atoms with van der Waals surface area (Å²) in [5.74, 6) is 0. The highest BCUT2D eigenvalue weighted by Crippen LogP contribution is 2.14. The number of rotatable bonds is 6. The Kier molecular flexibility index (Phi) is 6.05. The van der Waals surface area contributed by atoms with Gasteiger partial charge in [-0.1, -0.05) is 36.4 Å². The molecule has 0 radical (unpaired) electrons. The third-order valence-corrected chi connectivity index (χ3v) is 4.55. The van der Waals surface area contributed by atoms with E-state index >= 15 is 0 Å². The lowest BCUT2D eigenvalue weighted by Gasteiger charge is -2.17. The summed E-state index contributed by atoms with van der Waals surface area (Å²) in [7, 11) is 2.06. The van der Waals surface area contributed by atoms with Gasteiger partial charge in [0.05, 0.1) is 0 Å². The molecule has 1 N–H and O–H groups in total. The second-order valence-corrected chi connectivity index (χ2v) is 6.53. The summed E-state index contributed by atoms with van der Waals surface area (Å²) in [5, 5.41) is 3.45. The molecular formula is C18H22IN. The van der Waals surface area contributed by atoms with E-state index < -0.39 is 0 Å². The fourth-order valence-electron chi connectivity index (χ4n) is 2.47. The van der Waals surface area contributed by atoms with Crippen LogP contribution in [0.15, 0.2) is 48.5 Å². The molecule has 2 heteroatoms. The first kappa shape index (κ1) is 15.5. The lowest BCUT2D eigenvalue weighted by Crippen LogP contribution is -2.28. The molecule has 2 aromatic carbocycles. The third-order valence-electron chi connectivity index (χ3n) is 3.83. The summed E-state index contributed by atoms with van der Waals surface area (Å²) in [6.45, 7) is 2.20. The zero-order valence-corrected chi connectivity index (χ0v) is 14.4. The van der Waals surface area contributed by atoms with Gasteiger partial charge in [-0.15, -0.1) is 0 Å². The summed E-state index contributed by atoms with van der Waals surface area (Å²) < 4.78 is 1.30. The molecule has 0 spiro atoms. The Balaban J connectivity index is 1.92. The molecule has 1 nitrogen and oxygen atoms in total. The maximum atomic E-state index is 3.45. The van der Waals surface area contributed by atoms with E-state index in [1.54, 1.807) is 0 Å². The number of benzene rings is 2. The Labute approximate surface area is 135 Å². The predicted molar refractivity (Wildman–Crippen MR) is 95.2 cm³/mol. The van der Waals surface area contributed by atoms with Crippen LogP contribution in [0, 0.1) is 10.5 Å². The van der Waals surface area contributed by atoms with Crippen molar-refractivity contribution in [3.05, 3.63) is 68.8 Å². The van der Waals surface area contributed by atoms with Crippen LogP contribution in [0.2, 0.25) is 0 Å². The highest BCUT2D eigenvalue weighted by Gasteiger charge is 2.08. The van der Waals surface area contributed by atoms with Gasteiger partial charge in [-0.25, -0.2) is 0 Å². The van der Waals surface area contributed by atoms with Crippen LogP contribution in [0.1, 0.15) is 23.1 Å². The van der Waals surface area contributed by atoms with Gasteiger partial charge in [0.1, 0.15) is 0 Å². The maximum absolute atomic E-state index is 3.45. The third kappa shape index (κ3) is 4.60. The standard InChI is InChI=1S/C18H22IN/c1-14-5-3-4-6-16(14)9-12-18(20-2)13-15-7-10-17(19)11-8-15/h3-8,10-11,18,20H,9,12-13H2,1-2H3. The molecule has 1 unspecified atom stereocenters. The summed E-state index contributed by atoms with van der Waals surface area (Å²) >= 11 is 2.35. The van der Waals surface area contributed by atoms with Gasteiger partial charge in [-0.2, -0.15) is 0 Å². The van der Waals surface area contributed by atoms with Crippen LogP contribution >= 0.6 is 22.6 Å². The number of hydrogen-bond acceptors (Lipinski definition) is 1. The smallest absolute Gasteiger partial charge is 0.0130 e. The van der Waals surface area contributed by atoms with Crippen LogP contribution < -0.4 is 5.32 Å². The molecule has 0 fully saturated rings. The molecule has 0 heterocycles. The van der Waals surface area contributed by atoms with E-state index in [4.69, 9.17) is 0 Å². The fraction of sp³-hybridized carbons (Fsp3) is 0.333. The first-order chi connectivity index (χ1) is 9.69. The van der Waals surface area contributed by atoms with Crippen LogP contribution in [-0.2, 0) is 12.8 Å². The van der Waals surface area contributed by atoms with Crippen molar-refractivity contribution in [2.45, 2.75) is 32.2 Å². The SMILES string of the molecule is CNC(CCc1ccccc1C)Cc1ccc(I)cc1. The Morgan fingerprint density at radius 3 is 2.40 bits per heavy atom. The minimum atomic E-state index is 0.537. The van der Waals surface area contributed by atoms with Gasteiger partial charge in [-0.05, 0) is 84.6 Å². The van der Waals surface area contributed by atoms with Crippen molar-refractivity contribution in [1.82, 2.24) is 5.32 Å². The van der Waals surface area contributed by atoms with Crippen molar-refractivity contribution >= 4 is 22.6 Å². The van der Waals surface area contributed by atoms with Crippen LogP contribution in [0.5, 0.6) is 0 Å². The molecule has 0 aliphatic carbocycles. The first-order valence-electron chi connectivity index (χ1n) is 7.15. The van der Waals surface area contributed by atoms with Crippen molar-refractivity contribution in [2.75, 3.05) is 7.05 Å². The zero-order chi connectivity index (χ0) is 14.4. The monoisotopic (exact) mass is 379 g/mol. The first-order valence-corrected chi connectivity index (χ1v) is 8.23. The van der Waals surface area contributed by atoms with Crippen LogP contribution in [0.3, 0.4) is 0 Å². The molecule has 2 rings (SSSR count). The lowest BCUT2D eigenvalue weighted by molar-refractivity contribution is 0.519. The zero-order valence-electron chi connectivity index (χ0n) is 12.2. The molecule has 0 bridgehead atoms. The van der Waals surface area contributed by atoms with Gasteiger partial charge < -0.3 is 5.32 Å². The molecule has 0 saturated carbocycles. The van der Waals surface area contributed by atoms with Crippen molar-refractivity contribution in [3.8, 4) is 0 Å². The van der Waals surface area contributed by atoms with Crippen molar-refractivity contribution in [1.29, 1.82) is 0 Å². The lowest BCUT2D eigenvalue weighted by atomic mass is 9.97. The second-order valence-electron chi connectivity index (χ2n) is 5.28. The van der Waals surface area contributed by atoms with E-state index in [1.807, 2.05) is 0 Å². The van der Waals surface area contributed by atoms with Crippen LogP contribution in [0.4, 0.5) is 0 Å². The Bertz CT molecular complexity index is 533.